The summed E-state index contributed by atoms with van der Waals surface area (Å²) in [6.45, 7) is 0. The summed E-state index contributed by atoms with van der Waals surface area (Å²) in [5.41, 5.74) is -1.42. The number of isocyanates is 1. The molecule has 0 radical (unpaired) electrons. The maximum atomic E-state index is 13.9. The van der Waals surface area contributed by atoms with Crippen molar-refractivity contribution in [1.82, 2.24) is 0 Å². The average Bonchev–Trinajstić information content (AvgIpc) is 3.05. The quantitative estimate of drug-likeness (QED) is 0.476. The molecule has 1 saturated carbocycles. The first kappa shape index (κ1) is 12.0. The largest absolute Gasteiger partial charge is 0.495 e. The fourth-order valence-electron chi connectivity index (χ4n) is 1.77. The molecule has 1 aromatic carbocycles. The lowest BCUT2D eigenvalue weighted by Crippen LogP contribution is -2.10. The Labute approximate surface area is 101 Å². The van der Waals surface area contributed by atoms with Crippen molar-refractivity contribution in [2.75, 3.05) is 7.11 Å². The zero-order chi connectivity index (χ0) is 12.6. The van der Waals surface area contributed by atoms with Crippen LogP contribution < -0.4 is 4.74 Å². The lowest BCUT2D eigenvalue weighted by molar-refractivity contribution is 0.403. The first-order valence-corrected chi connectivity index (χ1v) is 5.24. The van der Waals surface area contributed by atoms with Gasteiger partial charge in [-0.3, -0.25) is 0 Å². The van der Waals surface area contributed by atoms with E-state index in [4.69, 9.17) is 16.3 Å². The Balaban J connectivity index is 2.63. The number of ether oxygens (including phenoxy) is 1. The zero-order valence-corrected chi connectivity index (χ0v) is 9.65. The lowest BCUT2D eigenvalue weighted by Gasteiger charge is -2.14. The molecule has 3 nitrogen and oxygen atoms in total. The van der Waals surface area contributed by atoms with Gasteiger partial charge >= 0.3 is 0 Å². The number of hydrogen-bond acceptors (Lipinski definition) is 3. The van der Waals surface area contributed by atoms with Gasteiger partial charge in [0, 0.05) is 6.07 Å². The van der Waals surface area contributed by atoms with Gasteiger partial charge in [0.15, 0.2) is 5.82 Å². The summed E-state index contributed by atoms with van der Waals surface area (Å²) in [6.07, 6.45) is 2.14. The van der Waals surface area contributed by atoms with Gasteiger partial charge in [-0.25, -0.2) is 13.6 Å². The van der Waals surface area contributed by atoms with Gasteiger partial charge in [-0.05, 0) is 12.8 Å². The molecular weight excluding hydrogens is 252 g/mol. The molecule has 90 valence electrons. The van der Waals surface area contributed by atoms with Crippen LogP contribution in [0.3, 0.4) is 0 Å². The van der Waals surface area contributed by atoms with Crippen LogP contribution in [0.5, 0.6) is 5.75 Å². The van der Waals surface area contributed by atoms with Crippen LogP contribution in [0.4, 0.5) is 8.78 Å². The van der Waals surface area contributed by atoms with E-state index in [1.54, 1.807) is 0 Å². The molecular formula is C11H8ClF2NO2. The average molecular weight is 260 g/mol. The van der Waals surface area contributed by atoms with E-state index in [1.165, 1.54) is 13.2 Å². The minimum Gasteiger partial charge on any atom is -0.495 e. The topological polar surface area (TPSA) is 38.7 Å². The SMILES string of the molecule is COc1cc(F)c(C2(N=C=O)CC2)c(F)c1Cl. The number of hydrogen-bond donors (Lipinski definition) is 0. The number of aliphatic imine (C=N–C) groups is 1. The van der Waals surface area contributed by atoms with Crippen molar-refractivity contribution in [3.63, 3.8) is 0 Å². The van der Waals surface area contributed by atoms with Gasteiger partial charge in [-0.15, -0.1) is 0 Å². The molecule has 0 heterocycles. The summed E-state index contributed by atoms with van der Waals surface area (Å²) in [7, 11) is 1.26. The molecule has 1 aliphatic rings. The second-order valence-electron chi connectivity index (χ2n) is 3.80. The van der Waals surface area contributed by atoms with Crippen LogP contribution in [-0.4, -0.2) is 13.2 Å². The van der Waals surface area contributed by atoms with Crippen molar-refractivity contribution >= 4 is 17.7 Å². The van der Waals surface area contributed by atoms with Crippen molar-refractivity contribution in [1.29, 1.82) is 0 Å². The Bertz CT molecular complexity index is 523. The smallest absolute Gasteiger partial charge is 0.235 e. The highest BCUT2D eigenvalue weighted by atomic mass is 35.5. The summed E-state index contributed by atoms with van der Waals surface area (Å²) >= 11 is 5.70. The maximum Gasteiger partial charge on any atom is 0.235 e. The van der Waals surface area contributed by atoms with Crippen LogP contribution in [0, 0.1) is 11.6 Å². The van der Waals surface area contributed by atoms with Crippen LogP contribution >= 0.6 is 11.6 Å². The maximum absolute atomic E-state index is 13.9. The van der Waals surface area contributed by atoms with Gasteiger partial charge in [0.05, 0.1) is 12.7 Å². The summed E-state index contributed by atoms with van der Waals surface area (Å²) in [5.74, 6) is -1.84. The summed E-state index contributed by atoms with van der Waals surface area (Å²) in [5, 5.41) is -0.309. The molecule has 0 N–H and O–H groups in total. The fourth-order valence-corrected chi connectivity index (χ4v) is 2.00. The molecule has 0 spiro atoms. The highest BCUT2D eigenvalue weighted by Crippen LogP contribution is 2.52. The monoisotopic (exact) mass is 259 g/mol. The van der Waals surface area contributed by atoms with Gasteiger partial charge < -0.3 is 4.74 Å². The lowest BCUT2D eigenvalue weighted by atomic mass is 10.0. The highest BCUT2D eigenvalue weighted by Gasteiger charge is 2.49. The summed E-state index contributed by atoms with van der Waals surface area (Å²) < 4.78 is 32.4. The van der Waals surface area contributed by atoms with Gasteiger partial charge in [0.2, 0.25) is 6.08 Å². The third-order valence-corrected chi connectivity index (χ3v) is 3.15. The van der Waals surface area contributed by atoms with E-state index in [-0.39, 0.29) is 16.3 Å². The van der Waals surface area contributed by atoms with Crippen LogP contribution in [0.25, 0.3) is 0 Å². The number of nitrogens with zero attached hydrogens (tertiary/aromatic N) is 1. The second kappa shape index (κ2) is 4.09. The molecule has 0 bridgehead atoms. The number of carbonyl (C=O) groups excluding carboxylic acids is 1. The predicted molar refractivity (Wildman–Crippen MR) is 57.0 cm³/mol. The summed E-state index contributed by atoms with van der Waals surface area (Å²) in [4.78, 5) is 13.7. The van der Waals surface area contributed by atoms with E-state index < -0.39 is 17.2 Å². The van der Waals surface area contributed by atoms with E-state index in [0.29, 0.717) is 12.8 Å². The van der Waals surface area contributed by atoms with Crippen LogP contribution in [0.2, 0.25) is 5.02 Å². The fraction of sp³-hybridized carbons (Fsp3) is 0.364. The van der Waals surface area contributed by atoms with Crippen molar-refractivity contribution in [2.45, 2.75) is 18.4 Å². The van der Waals surface area contributed by atoms with E-state index in [2.05, 4.69) is 4.99 Å². The molecule has 0 aromatic heterocycles. The van der Waals surface area contributed by atoms with Crippen LogP contribution in [-0.2, 0) is 10.3 Å². The van der Waals surface area contributed by atoms with E-state index >= 15 is 0 Å². The van der Waals surface area contributed by atoms with Gasteiger partial charge in [-0.1, -0.05) is 11.6 Å². The Morgan fingerprint density at radius 3 is 2.65 bits per heavy atom. The molecule has 2 rings (SSSR count). The third kappa shape index (κ3) is 1.81. The molecule has 17 heavy (non-hydrogen) atoms. The molecule has 0 saturated heterocycles. The predicted octanol–water partition coefficient (Wildman–Crippen LogP) is 2.95. The van der Waals surface area contributed by atoms with E-state index in [0.717, 1.165) is 6.07 Å². The van der Waals surface area contributed by atoms with Crippen molar-refractivity contribution < 1.29 is 18.3 Å². The van der Waals surface area contributed by atoms with Gasteiger partial charge in [-0.2, -0.15) is 4.99 Å². The second-order valence-corrected chi connectivity index (χ2v) is 4.18. The van der Waals surface area contributed by atoms with Crippen molar-refractivity contribution in [3.8, 4) is 5.75 Å². The van der Waals surface area contributed by atoms with Crippen molar-refractivity contribution in [2.24, 2.45) is 4.99 Å². The number of rotatable bonds is 3. The molecule has 1 fully saturated rings. The molecule has 0 atom stereocenters. The number of halogens is 3. The highest BCUT2D eigenvalue weighted by molar-refractivity contribution is 6.32. The van der Waals surface area contributed by atoms with Gasteiger partial charge in [0.1, 0.15) is 22.1 Å². The number of benzene rings is 1. The Kier molecular flexibility index (Phi) is 2.89. The molecule has 6 heteroatoms. The van der Waals surface area contributed by atoms with E-state index in [9.17, 15) is 13.6 Å². The zero-order valence-electron chi connectivity index (χ0n) is 8.89. The summed E-state index contributed by atoms with van der Waals surface area (Å²) in [6, 6.07) is 0.987. The minimum absolute atomic E-state index is 0.0868. The normalized spacial score (nSPS) is 16.2. The molecule has 1 aliphatic carbocycles. The molecule has 0 unspecified atom stereocenters. The van der Waals surface area contributed by atoms with E-state index in [1.807, 2.05) is 0 Å². The van der Waals surface area contributed by atoms with Gasteiger partial charge in [0.25, 0.3) is 0 Å². The third-order valence-electron chi connectivity index (χ3n) is 2.79. The van der Waals surface area contributed by atoms with Crippen molar-refractivity contribution in [3.05, 3.63) is 28.3 Å². The molecule has 0 amide bonds. The van der Waals surface area contributed by atoms with Crippen LogP contribution in [0.1, 0.15) is 18.4 Å². The Morgan fingerprint density at radius 2 is 2.18 bits per heavy atom. The standard InChI is InChI=1S/C11H8ClF2NO2/c1-17-7-4-6(13)8(10(14)9(7)12)11(2-3-11)15-5-16/h4H,2-3H2,1H3. The Morgan fingerprint density at radius 1 is 1.53 bits per heavy atom. The molecule has 0 aliphatic heterocycles. The number of methoxy groups -OCH3 is 1. The minimum atomic E-state index is -1.13. The molecule has 1 aromatic rings. The first-order chi connectivity index (χ1) is 8.05. The Hall–Kier alpha value is -1.45. The van der Waals surface area contributed by atoms with Crippen LogP contribution in [0.15, 0.2) is 11.1 Å². The first-order valence-electron chi connectivity index (χ1n) is 4.87.